The zero-order valence-corrected chi connectivity index (χ0v) is 9.96. The fourth-order valence-corrected chi connectivity index (χ4v) is 0.930. The Hall–Kier alpha value is -1.06. The van der Waals surface area contributed by atoms with Crippen molar-refractivity contribution in [2.24, 2.45) is 5.41 Å². The van der Waals surface area contributed by atoms with Gasteiger partial charge in [-0.2, -0.15) is 0 Å². The van der Waals surface area contributed by atoms with E-state index in [4.69, 9.17) is 5.11 Å². The molecule has 0 aromatic heterocycles. The number of rotatable bonds is 5. The maximum atomic E-state index is 11.4. The quantitative estimate of drug-likeness (QED) is 0.734. The van der Waals surface area contributed by atoms with Crippen LogP contribution in [0, 0.1) is 5.41 Å². The molecule has 0 aromatic rings. The summed E-state index contributed by atoms with van der Waals surface area (Å²) in [5.74, 6) is -0.926. The minimum Gasteiger partial charge on any atom is -0.481 e. The highest BCUT2D eigenvalue weighted by Crippen LogP contribution is 2.18. The van der Waals surface area contributed by atoms with Crippen LogP contribution < -0.4 is 5.32 Å². The summed E-state index contributed by atoms with van der Waals surface area (Å²) < 4.78 is 0. The molecule has 0 saturated carbocycles. The minimum absolute atomic E-state index is 0.0302. The van der Waals surface area contributed by atoms with Crippen molar-refractivity contribution in [1.82, 2.24) is 5.32 Å². The molecule has 0 aliphatic heterocycles. The number of carbonyl (C=O) groups is 2. The van der Waals surface area contributed by atoms with Crippen LogP contribution in [0.25, 0.3) is 0 Å². The maximum absolute atomic E-state index is 11.4. The molecule has 0 bridgehead atoms. The van der Waals surface area contributed by atoms with Crippen LogP contribution in [-0.4, -0.2) is 23.0 Å². The van der Waals surface area contributed by atoms with E-state index in [0.29, 0.717) is 6.42 Å². The Morgan fingerprint density at radius 3 is 2.20 bits per heavy atom. The summed E-state index contributed by atoms with van der Waals surface area (Å²) in [6.45, 7) is 8.11. The Labute approximate surface area is 91.1 Å². The van der Waals surface area contributed by atoms with Crippen LogP contribution in [-0.2, 0) is 9.59 Å². The van der Waals surface area contributed by atoms with E-state index in [1.54, 1.807) is 0 Å². The molecule has 1 atom stereocenters. The first-order chi connectivity index (χ1) is 6.73. The van der Waals surface area contributed by atoms with Gasteiger partial charge in [0.25, 0.3) is 0 Å². The predicted octanol–water partition coefficient (Wildman–Crippen LogP) is 1.79. The molecule has 15 heavy (non-hydrogen) atoms. The van der Waals surface area contributed by atoms with Gasteiger partial charge in [-0.05, 0) is 18.8 Å². The van der Waals surface area contributed by atoms with Gasteiger partial charge in [-0.3, -0.25) is 9.59 Å². The summed E-state index contributed by atoms with van der Waals surface area (Å²) in [4.78, 5) is 21.6. The summed E-state index contributed by atoms with van der Waals surface area (Å²) in [5.41, 5.74) is 0.0302. The zero-order chi connectivity index (χ0) is 12.1. The molecule has 0 aliphatic carbocycles. The van der Waals surface area contributed by atoms with Crippen LogP contribution >= 0.6 is 0 Å². The lowest BCUT2D eigenvalue weighted by Crippen LogP contribution is -2.41. The molecule has 0 spiro atoms. The van der Waals surface area contributed by atoms with E-state index in [-0.39, 0.29) is 30.2 Å². The summed E-state index contributed by atoms with van der Waals surface area (Å²) in [6.07, 6.45) is 0.738. The van der Waals surface area contributed by atoms with Gasteiger partial charge >= 0.3 is 5.97 Å². The number of carboxylic acids is 1. The van der Waals surface area contributed by atoms with Gasteiger partial charge in [-0.1, -0.05) is 20.8 Å². The summed E-state index contributed by atoms with van der Waals surface area (Å²) >= 11 is 0. The number of nitrogens with one attached hydrogen (secondary N) is 1. The molecule has 4 heteroatoms. The third kappa shape index (κ3) is 6.94. The molecule has 4 nitrogen and oxygen atoms in total. The fraction of sp³-hybridized carbons (Fsp3) is 0.818. The van der Waals surface area contributed by atoms with Crippen molar-refractivity contribution in [3.05, 3.63) is 0 Å². The molecule has 0 fully saturated rings. The molecule has 1 unspecified atom stereocenters. The molecule has 88 valence electrons. The largest absolute Gasteiger partial charge is 0.481 e. The lowest BCUT2D eigenvalue weighted by molar-refractivity contribution is -0.137. The molecular formula is C11H21NO3. The molecule has 0 radical (unpaired) electrons. The average molecular weight is 215 g/mol. The van der Waals surface area contributed by atoms with Crippen LogP contribution in [0.5, 0.6) is 0 Å². The van der Waals surface area contributed by atoms with Crippen LogP contribution in [0.3, 0.4) is 0 Å². The number of aliphatic carboxylic acids is 1. The van der Waals surface area contributed by atoms with Gasteiger partial charge < -0.3 is 10.4 Å². The van der Waals surface area contributed by atoms with Crippen molar-refractivity contribution in [2.75, 3.05) is 0 Å². The number of hydrogen-bond acceptors (Lipinski definition) is 2. The minimum atomic E-state index is -0.855. The molecule has 0 heterocycles. The van der Waals surface area contributed by atoms with Crippen molar-refractivity contribution in [1.29, 1.82) is 0 Å². The highest BCUT2D eigenvalue weighted by molar-refractivity contribution is 5.77. The second-order valence-corrected chi connectivity index (χ2v) is 4.90. The topological polar surface area (TPSA) is 66.4 Å². The van der Waals surface area contributed by atoms with Gasteiger partial charge in [0, 0.05) is 18.9 Å². The van der Waals surface area contributed by atoms with Gasteiger partial charge in [0.2, 0.25) is 5.91 Å². The number of carbonyl (C=O) groups excluding carboxylic acids is 1. The molecule has 0 rings (SSSR count). The molecule has 0 aromatic carbocycles. The Morgan fingerprint density at radius 1 is 1.27 bits per heavy atom. The van der Waals surface area contributed by atoms with Crippen molar-refractivity contribution >= 4 is 11.9 Å². The van der Waals surface area contributed by atoms with Crippen molar-refractivity contribution in [3.8, 4) is 0 Å². The number of carboxylic acid groups (broad SMARTS) is 1. The number of hydrogen-bond donors (Lipinski definition) is 2. The Morgan fingerprint density at radius 2 is 1.80 bits per heavy atom. The van der Waals surface area contributed by atoms with E-state index in [2.05, 4.69) is 26.1 Å². The predicted molar refractivity (Wildman–Crippen MR) is 58.5 cm³/mol. The molecule has 2 N–H and O–H groups in total. The highest BCUT2D eigenvalue weighted by atomic mass is 16.4. The van der Waals surface area contributed by atoms with E-state index < -0.39 is 5.97 Å². The van der Waals surface area contributed by atoms with E-state index in [1.807, 2.05) is 6.92 Å². The summed E-state index contributed by atoms with van der Waals surface area (Å²) in [5, 5.41) is 11.3. The third-order valence-corrected chi connectivity index (χ3v) is 2.47. The lowest BCUT2D eigenvalue weighted by atomic mass is 9.88. The maximum Gasteiger partial charge on any atom is 0.303 e. The molecule has 1 amide bonds. The second kappa shape index (κ2) is 5.73. The first kappa shape index (κ1) is 13.9. The SMILES string of the molecule is CC(NC(=O)CCCC(=O)O)C(C)(C)C. The Balaban J connectivity index is 3.79. The fourth-order valence-electron chi connectivity index (χ4n) is 0.930. The first-order valence-corrected chi connectivity index (χ1v) is 5.24. The van der Waals surface area contributed by atoms with Crippen molar-refractivity contribution < 1.29 is 14.7 Å². The van der Waals surface area contributed by atoms with E-state index in [0.717, 1.165) is 0 Å². The van der Waals surface area contributed by atoms with Gasteiger partial charge in [-0.25, -0.2) is 0 Å². The summed E-state index contributed by atoms with van der Waals surface area (Å²) in [7, 11) is 0. The molecular weight excluding hydrogens is 194 g/mol. The Bertz CT molecular complexity index is 230. The standard InChI is InChI=1S/C11H21NO3/c1-8(11(2,3)4)12-9(13)6-5-7-10(14)15/h8H,5-7H2,1-4H3,(H,12,13)(H,14,15). The molecule has 0 aliphatic rings. The van der Waals surface area contributed by atoms with Crippen molar-refractivity contribution in [3.63, 3.8) is 0 Å². The third-order valence-electron chi connectivity index (χ3n) is 2.47. The van der Waals surface area contributed by atoms with Crippen molar-refractivity contribution in [2.45, 2.75) is 53.0 Å². The van der Waals surface area contributed by atoms with E-state index in [9.17, 15) is 9.59 Å². The molecule has 0 saturated heterocycles. The Kier molecular flexibility index (Phi) is 5.33. The average Bonchev–Trinajstić information content (AvgIpc) is 2.01. The first-order valence-electron chi connectivity index (χ1n) is 5.24. The van der Waals surface area contributed by atoms with Crippen LogP contribution in [0.2, 0.25) is 0 Å². The summed E-state index contributed by atoms with van der Waals surface area (Å²) in [6, 6.07) is 0.0924. The second-order valence-electron chi connectivity index (χ2n) is 4.90. The lowest BCUT2D eigenvalue weighted by Gasteiger charge is -2.28. The number of amides is 1. The van der Waals surface area contributed by atoms with Gasteiger partial charge in [0.15, 0.2) is 0 Å². The van der Waals surface area contributed by atoms with Gasteiger partial charge in [0.05, 0.1) is 0 Å². The van der Waals surface area contributed by atoms with E-state index in [1.165, 1.54) is 0 Å². The van der Waals surface area contributed by atoms with Crippen LogP contribution in [0.1, 0.15) is 47.0 Å². The van der Waals surface area contributed by atoms with Crippen LogP contribution in [0.4, 0.5) is 0 Å². The van der Waals surface area contributed by atoms with Crippen LogP contribution in [0.15, 0.2) is 0 Å². The zero-order valence-electron chi connectivity index (χ0n) is 9.96. The smallest absolute Gasteiger partial charge is 0.303 e. The monoisotopic (exact) mass is 215 g/mol. The van der Waals surface area contributed by atoms with E-state index >= 15 is 0 Å². The van der Waals surface area contributed by atoms with Gasteiger partial charge in [0.1, 0.15) is 0 Å². The van der Waals surface area contributed by atoms with Gasteiger partial charge in [-0.15, -0.1) is 0 Å². The highest BCUT2D eigenvalue weighted by Gasteiger charge is 2.21. The normalized spacial score (nSPS) is 13.3.